The van der Waals surface area contributed by atoms with E-state index in [1.165, 1.54) is 21.7 Å². The standard InChI is InChI=1S/C18H27N3O3S/c1-15-6-3-4-7-16(15)17-8-5-9-20(17)14-18(22)19-10-12-21(13-11-19)25(2,23)24/h3-4,6-7,17H,5,8-14H2,1-2H3. The molecule has 1 atom stereocenters. The summed E-state index contributed by atoms with van der Waals surface area (Å²) in [7, 11) is -3.16. The SMILES string of the molecule is Cc1ccccc1C1CCCN1CC(=O)N1CCN(S(C)(=O)=O)CC1. The number of nitrogens with zero attached hydrogens (tertiary/aromatic N) is 3. The first kappa shape index (κ1) is 18.4. The first-order valence-corrected chi connectivity index (χ1v) is 10.7. The van der Waals surface area contributed by atoms with Gasteiger partial charge in [0, 0.05) is 32.2 Å². The second-order valence-corrected chi connectivity index (χ2v) is 9.01. The number of piperazine rings is 1. The van der Waals surface area contributed by atoms with Crippen molar-refractivity contribution in [3.63, 3.8) is 0 Å². The minimum atomic E-state index is -3.16. The number of amides is 1. The molecule has 6 nitrogen and oxygen atoms in total. The molecule has 0 spiro atoms. The Hall–Kier alpha value is -1.44. The van der Waals surface area contributed by atoms with Crippen LogP contribution < -0.4 is 0 Å². The molecule has 0 radical (unpaired) electrons. The number of carbonyl (C=O) groups is 1. The average Bonchev–Trinajstić information content (AvgIpc) is 3.02. The van der Waals surface area contributed by atoms with Crippen molar-refractivity contribution < 1.29 is 13.2 Å². The van der Waals surface area contributed by atoms with Gasteiger partial charge in [0.15, 0.2) is 0 Å². The zero-order valence-electron chi connectivity index (χ0n) is 15.0. The predicted molar refractivity (Wildman–Crippen MR) is 97.7 cm³/mol. The summed E-state index contributed by atoms with van der Waals surface area (Å²) in [6.07, 6.45) is 3.41. The van der Waals surface area contributed by atoms with E-state index in [4.69, 9.17) is 0 Å². The van der Waals surface area contributed by atoms with E-state index in [0.717, 1.165) is 19.4 Å². The summed E-state index contributed by atoms with van der Waals surface area (Å²) in [5, 5.41) is 0. The monoisotopic (exact) mass is 365 g/mol. The van der Waals surface area contributed by atoms with Gasteiger partial charge in [-0.1, -0.05) is 24.3 Å². The lowest BCUT2D eigenvalue weighted by Crippen LogP contribution is -2.52. The maximum atomic E-state index is 12.7. The van der Waals surface area contributed by atoms with Crippen LogP contribution in [0.5, 0.6) is 0 Å². The van der Waals surface area contributed by atoms with Gasteiger partial charge in [-0.3, -0.25) is 9.69 Å². The van der Waals surface area contributed by atoms with Gasteiger partial charge in [0.2, 0.25) is 15.9 Å². The van der Waals surface area contributed by atoms with Crippen LogP contribution in [0.15, 0.2) is 24.3 Å². The molecule has 0 N–H and O–H groups in total. The fourth-order valence-electron chi connectivity index (χ4n) is 3.87. The van der Waals surface area contributed by atoms with E-state index in [0.29, 0.717) is 38.8 Å². The maximum absolute atomic E-state index is 12.7. The summed E-state index contributed by atoms with van der Waals surface area (Å²) in [6.45, 7) is 5.23. The van der Waals surface area contributed by atoms with E-state index in [1.807, 2.05) is 6.07 Å². The van der Waals surface area contributed by atoms with Gasteiger partial charge in [0.1, 0.15) is 0 Å². The maximum Gasteiger partial charge on any atom is 0.236 e. The molecule has 0 aromatic heterocycles. The molecule has 2 heterocycles. The number of hydrogen-bond acceptors (Lipinski definition) is 4. The molecule has 1 unspecified atom stereocenters. The van der Waals surface area contributed by atoms with Crippen molar-refractivity contribution in [1.82, 2.24) is 14.1 Å². The molecule has 1 amide bonds. The second-order valence-electron chi connectivity index (χ2n) is 7.03. The van der Waals surface area contributed by atoms with Crippen molar-refractivity contribution in [1.29, 1.82) is 0 Å². The van der Waals surface area contributed by atoms with Gasteiger partial charge in [0.05, 0.1) is 12.8 Å². The number of aryl methyl sites for hydroxylation is 1. The summed E-state index contributed by atoms with van der Waals surface area (Å²) in [4.78, 5) is 16.8. The van der Waals surface area contributed by atoms with Gasteiger partial charge < -0.3 is 4.90 Å². The fraction of sp³-hybridized carbons (Fsp3) is 0.611. The summed E-state index contributed by atoms with van der Waals surface area (Å²) >= 11 is 0. The largest absolute Gasteiger partial charge is 0.339 e. The van der Waals surface area contributed by atoms with E-state index in [9.17, 15) is 13.2 Å². The molecule has 25 heavy (non-hydrogen) atoms. The predicted octanol–water partition coefficient (Wildman–Crippen LogP) is 1.24. The highest BCUT2D eigenvalue weighted by atomic mass is 32.2. The summed E-state index contributed by atoms with van der Waals surface area (Å²) < 4.78 is 24.6. The zero-order chi connectivity index (χ0) is 18.0. The van der Waals surface area contributed by atoms with Crippen molar-refractivity contribution in [3.8, 4) is 0 Å². The Labute approximate surface area is 150 Å². The number of sulfonamides is 1. The Bertz CT molecular complexity index is 727. The third kappa shape index (κ3) is 4.22. The van der Waals surface area contributed by atoms with Gasteiger partial charge >= 0.3 is 0 Å². The van der Waals surface area contributed by atoms with E-state index in [-0.39, 0.29) is 5.91 Å². The van der Waals surface area contributed by atoms with E-state index in [2.05, 4.69) is 30.0 Å². The molecule has 0 aliphatic carbocycles. The number of likely N-dealkylation sites (tertiary alicyclic amines) is 1. The van der Waals surface area contributed by atoms with Crippen molar-refractivity contribution in [3.05, 3.63) is 35.4 Å². The van der Waals surface area contributed by atoms with Crippen molar-refractivity contribution in [2.75, 3.05) is 45.5 Å². The third-order valence-electron chi connectivity index (χ3n) is 5.31. The Morgan fingerprint density at radius 1 is 1.12 bits per heavy atom. The normalized spacial score (nSPS) is 23.1. The number of carbonyl (C=O) groups excluding carboxylic acids is 1. The molecule has 0 bridgehead atoms. The Morgan fingerprint density at radius 3 is 2.44 bits per heavy atom. The molecule has 2 saturated heterocycles. The lowest BCUT2D eigenvalue weighted by Gasteiger charge is -2.35. The molecule has 1 aromatic rings. The smallest absolute Gasteiger partial charge is 0.236 e. The van der Waals surface area contributed by atoms with Crippen LogP contribution in [-0.2, 0) is 14.8 Å². The third-order valence-corrected chi connectivity index (χ3v) is 6.61. The van der Waals surface area contributed by atoms with E-state index < -0.39 is 10.0 Å². The topological polar surface area (TPSA) is 60.9 Å². The Kier molecular flexibility index (Phi) is 5.46. The number of rotatable bonds is 4. The van der Waals surface area contributed by atoms with Crippen LogP contribution in [0, 0.1) is 6.92 Å². The van der Waals surface area contributed by atoms with Gasteiger partial charge in [-0.05, 0) is 37.4 Å². The Morgan fingerprint density at radius 2 is 1.80 bits per heavy atom. The zero-order valence-corrected chi connectivity index (χ0v) is 15.8. The van der Waals surface area contributed by atoms with Gasteiger partial charge in [-0.15, -0.1) is 0 Å². The van der Waals surface area contributed by atoms with E-state index >= 15 is 0 Å². The Balaban J connectivity index is 1.60. The molecule has 1 aromatic carbocycles. The molecule has 2 aliphatic rings. The van der Waals surface area contributed by atoms with Crippen LogP contribution in [0.4, 0.5) is 0 Å². The first-order chi connectivity index (χ1) is 11.9. The fourth-order valence-corrected chi connectivity index (χ4v) is 4.70. The minimum Gasteiger partial charge on any atom is -0.339 e. The summed E-state index contributed by atoms with van der Waals surface area (Å²) in [5.41, 5.74) is 2.59. The van der Waals surface area contributed by atoms with E-state index in [1.54, 1.807) is 4.90 Å². The van der Waals surface area contributed by atoms with Crippen molar-refractivity contribution in [2.45, 2.75) is 25.8 Å². The molecule has 2 aliphatic heterocycles. The van der Waals surface area contributed by atoms with Crippen LogP contribution in [0.25, 0.3) is 0 Å². The summed E-state index contributed by atoms with van der Waals surface area (Å²) in [5.74, 6) is 0.105. The molecule has 7 heteroatoms. The molecular weight excluding hydrogens is 338 g/mol. The first-order valence-electron chi connectivity index (χ1n) is 8.89. The number of benzene rings is 1. The van der Waals surface area contributed by atoms with Crippen LogP contribution in [0.2, 0.25) is 0 Å². The molecule has 138 valence electrons. The van der Waals surface area contributed by atoms with Crippen molar-refractivity contribution in [2.24, 2.45) is 0 Å². The van der Waals surface area contributed by atoms with Gasteiger partial charge in [0.25, 0.3) is 0 Å². The second kappa shape index (κ2) is 7.43. The quantitative estimate of drug-likeness (QED) is 0.805. The minimum absolute atomic E-state index is 0.105. The summed E-state index contributed by atoms with van der Waals surface area (Å²) in [6, 6.07) is 8.70. The van der Waals surface area contributed by atoms with Crippen LogP contribution in [0.3, 0.4) is 0 Å². The van der Waals surface area contributed by atoms with Crippen LogP contribution >= 0.6 is 0 Å². The highest BCUT2D eigenvalue weighted by Gasteiger charge is 2.31. The molecule has 3 rings (SSSR count). The lowest BCUT2D eigenvalue weighted by atomic mass is 9.99. The van der Waals surface area contributed by atoms with Crippen LogP contribution in [-0.4, -0.2) is 74.0 Å². The molecule has 2 fully saturated rings. The average molecular weight is 365 g/mol. The highest BCUT2D eigenvalue weighted by molar-refractivity contribution is 7.88. The van der Waals surface area contributed by atoms with Gasteiger partial charge in [-0.25, -0.2) is 8.42 Å². The highest BCUT2D eigenvalue weighted by Crippen LogP contribution is 2.33. The van der Waals surface area contributed by atoms with Gasteiger partial charge in [-0.2, -0.15) is 4.31 Å². The molecular formula is C18H27N3O3S. The van der Waals surface area contributed by atoms with Crippen molar-refractivity contribution >= 4 is 15.9 Å². The lowest BCUT2D eigenvalue weighted by molar-refractivity contribution is -0.133. The molecule has 0 saturated carbocycles. The number of hydrogen-bond donors (Lipinski definition) is 0. The van der Waals surface area contributed by atoms with Crippen LogP contribution in [0.1, 0.15) is 30.0 Å².